The SMILES string of the molecule is CC(NC(=O)C1CCCN(Cc2ccccc2)C1)C(=O)N(C)C. The highest BCUT2D eigenvalue weighted by molar-refractivity contribution is 5.88. The van der Waals surface area contributed by atoms with Gasteiger partial charge in [0.25, 0.3) is 0 Å². The second kappa shape index (κ2) is 8.11. The Labute approximate surface area is 138 Å². The first-order valence-electron chi connectivity index (χ1n) is 8.25. The summed E-state index contributed by atoms with van der Waals surface area (Å²) in [5.41, 5.74) is 1.27. The van der Waals surface area contributed by atoms with Crippen molar-refractivity contribution >= 4 is 11.8 Å². The molecule has 0 bridgehead atoms. The average molecular weight is 317 g/mol. The van der Waals surface area contributed by atoms with E-state index in [-0.39, 0.29) is 17.7 Å². The molecule has 2 unspecified atom stereocenters. The van der Waals surface area contributed by atoms with Crippen LogP contribution in [0.15, 0.2) is 30.3 Å². The zero-order chi connectivity index (χ0) is 16.8. The van der Waals surface area contributed by atoms with Gasteiger partial charge in [0.05, 0.1) is 5.92 Å². The Hall–Kier alpha value is -1.88. The molecule has 0 aliphatic carbocycles. The lowest BCUT2D eigenvalue weighted by molar-refractivity contribution is -0.135. The van der Waals surface area contributed by atoms with Gasteiger partial charge in [0.15, 0.2) is 0 Å². The summed E-state index contributed by atoms with van der Waals surface area (Å²) in [4.78, 5) is 28.1. The number of carbonyl (C=O) groups excluding carboxylic acids is 2. The number of amides is 2. The number of carbonyl (C=O) groups is 2. The monoisotopic (exact) mass is 317 g/mol. The minimum absolute atomic E-state index is 0.00883. The summed E-state index contributed by atoms with van der Waals surface area (Å²) in [6, 6.07) is 9.85. The number of benzene rings is 1. The van der Waals surface area contributed by atoms with Gasteiger partial charge in [-0.05, 0) is 31.9 Å². The van der Waals surface area contributed by atoms with E-state index < -0.39 is 6.04 Å². The fourth-order valence-corrected chi connectivity index (χ4v) is 3.04. The summed E-state index contributed by atoms with van der Waals surface area (Å²) in [6.07, 6.45) is 1.90. The fourth-order valence-electron chi connectivity index (χ4n) is 3.04. The Balaban J connectivity index is 1.87. The molecule has 2 atom stereocenters. The van der Waals surface area contributed by atoms with Gasteiger partial charge in [-0.2, -0.15) is 0 Å². The molecule has 126 valence electrons. The van der Waals surface area contributed by atoms with Crippen molar-refractivity contribution in [2.45, 2.75) is 32.4 Å². The van der Waals surface area contributed by atoms with Crippen LogP contribution in [0.1, 0.15) is 25.3 Å². The molecule has 1 N–H and O–H groups in total. The zero-order valence-electron chi connectivity index (χ0n) is 14.3. The summed E-state index contributed by atoms with van der Waals surface area (Å²) in [5.74, 6) is -0.120. The molecule has 0 aromatic heterocycles. The molecule has 2 rings (SSSR count). The molecule has 5 heteroatoms. The maximum atomic E-state index is 12.4. The average Bonchev–Trinajstić information content (AvgIpc) is 2.55. The van der Waals surface area contributed by atoms with Crippen LogP contribution in [-0.2, 0) is 16.1 Å². The van der Waals surface area contributed by atoms with Gasteiger partial charge >= 0.3 is 0 Å². The first-order chi connectivity index (χ1) is 11.0. The van der Waals surface area contributed by atoms with Gasteiger partial charge in [-0.3, -0.25) is 14.5 Å². The van der Waals surface area contributed by atoms with E-state index in [1.807, 2.05) is 18.2 Å². The van der Waals surface area contributed by atoms with Crippen LogP contribution in [0.3, 0.4) is 0 Å². The van der Waals surface area contributed by atoms with Crippen molar-refractivity contribution < 1.29 is 9.59 Å². The smallest absolute Gasteiger partial charge is 0.244 e. The third-order valence-electron chi connectivity index (χ3n) is 4.30. The third kappa shape index (κ3) is 5.06. The molecule has 5 nitrogen and oxygen atoms in total. The number of likely N-dealkylation sites (tertiary alicyclic amines) is 1. The maximum absolute atomic E-state index is 12.4. The summed E-state index contributed by atoms with van der Waals surface area (Å²) >= 11 is 0. The summed E-state index contributed by atoms with van der Waals surface area (Å²) in [6.45, 7) is 4.38. The van der Waals surface area contributed by atoms with Crippen LogP contribution in [-0.4, -0.2) is 54.8 Å². The molecule has 0 saturated carbocycles. The summed E-state index contributed by atoms with van der Waals surface area (Å²) in [5, 5.41) is 2.86. The van der Waals surface area contributed by atoms with E-state index in [0.29, 0.717) is 0 Å². The van der Waals surface area contributed by atoms with Crippen LogP contribution >= 0.6 is 0 Å². The third-order valence-corrected chi connectivity index (χ3v) is 4.30. The predicted molar refractivity (Wildman–Crippen MR) is 90.7 cm³/mol. The van der Waals surface area contributed by atoms with Crippen molar-refractivity contribution in [2.75, 3.05) is 27.2 Å². The van der Waals surface area contributed by atoms with Gasteiger partial charge < -0.3 is 10.2 Å². The molecule has 1 aliphatic rings. The predicted octanol–water partition coefficient (Wildman–Crippen LogP) is 1.49. The van der Waals surface area contributed by atoms with E-state index >= 15 is 0 Å². The molecule has 1 heterocycles. The first-order valence-corrected chi connectivity index (χ1v) is 8.25. The first kappa shape index (κ1) is 17.5. The van der Waals surface area contributed by atoms with Gasteiger partial charge in [-0.1, -0.05) is 30.3 Å². The Morgan fingerprint density at radius 3 is 2.65 bits per heavy atom. The fraction of sp³-hybridized carbons (Fsp3) is 0.556. The van der Waals surface area contributed by atoms with Gasteiger partial charge in [-0.15, -0.1) is 0 Å². The molecular weight excluding hydrogens is 290 g/mol. The molecule has 0 radical (unpaired) electrons. The van der Waals surface area contributed by atoms with E-state index in [1.165, 1.54) is 10.5 Å². The van der Waals surface area contributed by atoms with Gasteiger partial charge in [0.2, 0.25) is 11.8 Å². The van der Waals surface area contributed by atoms with Crippen molar-refractivity contribution in [2.24, 2.45) is 5.92 Å². The molecule has 1 aromatic rings. The Kier molecular flexibility index (Phi) is 6.16. The topological polar surface area (TPSA) is 52.7 Å². The number of hydrogen-bond donors (Lipinski definition) is 1. The van der Waals surface area contributed by atoms with Crippen LogP contribution < -0.4 is 5.32 Å². The molecule has 1 aliphatic heterocycles. The highest BCUT2D eigenvalue weighted by Gasteiger charge is 2.28. The number of hydrogen-bond acceptors (Lipinski definition) is 3. The largest absolute Gasteiger partial charge is 0.347 e. The molecule has 1 aromatic carbocycles. The molecule has 1 saturated heterocycles. The number of likely N-dealkylation sites (N-methyl/N-ethyl adjacent to an activating group) is 1. The highest BCUT2D eigenvalue weighted by atomic mass is 16.2. The van der Waals surface area contributed by atoms with Crippen LogP contribution in [0.25, 0.3) is 0 Å². The molecule has 1 fully saturated rings. The van der Waals surface area contributed by atoms with Crippen LogP contribution in [0.4, 0.5) is 0 Å². The normalized spacial score (nSPS) is 19.9. The minimum atomic E-state index is -0.470. The lowest BCUT2D eigenvalue weighted by atomic mass is 9.96. The number of piperidine rings is 1. The van der Waals surface area contributed by atoms with Crippen LogP contribution in [0.5, 0.6) is 0 Å². The van der Waals surface area contributed by atoms with E-state index in [0.717, 1.165) is 32.5 Å². The molecule has 2 amide bonds. The lowest BCUT2D eigenvalue weighted by Gasteiger charge is -2.32. The van der Waals surface area contributed by atoms with Crippen molar-refractivity contribution in [1.82, 2.24) is 15.1 Å². The van der Waals surface area contributed by atoms with Crippen molar-refractivity contribution in [3.05, 3.63) is 35.9 Å². The van der Waals surface area contributed by atoms with Crippen molar-refractivity contribution in [3.63, 3.8) is 0 Å². The Morgan fingerprint density at radius 1 is 1.30 bits per heavy atom. The summed E-state index contributed by atoms with van der Waals surface area (Å²) in [7, 11) is 3.40. The molecular formula is C18H27N3O2. The molecule has 0 spiro atoms. The van der Waals surface area contributed by atoms with E-state index in [4.69, 9.17) is 0 Å². The minimum Gasteiger partial charge on any atom is -0.347 e. The van der Waals surface area contributed by atoms with E-state index in [1.54, 1.807) is 21.0 Å². The second-order valence-electron chi connectivity index (χ2n) is 6.52. The van der Waals surface area contributed by atoms with Gasteiger partial charge in [0.1, 0.15) is 6.04 Å². The second-order valence-corrected chi connectivity index (χ2v) is 6.52. The van der Waals surface area contributed by atoms with Gasteiger partial charge in [-0.25, -0.2) is 0 Å². The van der Waals surface area contributed by atoms with Gasteiger partial charge in [0, 0.05) is 27.2 Å². The highest BCUT2D eigenvalue weighted by Crippen LogP contribution is 2.19. The van der Waals surface area contributed by atoms with Crippen LogP contribution in [0, 0.1) is 5.92 Å². The standard InChI is InChI=1S/C18H27N3O2/c1-14(18(23)20(2)3)19-17(22)16-10-7-11-21(13-16)12-15-8-5-4-6-9-15/h4-6,8-9,14,16H,7,10-13H2,1-3H3,(H,19,22). The number of nitrogens with zero attached hydrogens (tertiary/aromatic N) is 2. The van der Waals surface area contributed by atoms with Crippen molar-refractivity contribution in [3.8, 4) is 0 Å². The lowest BCUT2D eigenvalue weighted by Crippen LogP contribution is -2.49. The number of rotatable bonds is 5. The molecule has 23 heavy (non-hydrogen) atoms. The maximum Gasteiger partial charge on any atom is 0.244 e. The zero-order valence-corrected chi connectivity index (χ0v) is 14.3. The van der Waals surface area contributed by atoms with Crippen molar-refractivity contribution in [1.29, 1.82) is 0 Å². The summed E-state index contributed by atoms with van der Waals surface area (Å²) < 4.78 is 0. The Bertz CT molecular complexity index is 530. The quantitative estimate of drug-likeness (QED) is 0.895. The van der Waals surface area contributed by atoms with E-state index in [2.05, 4.69) is 22.3 Å². The Morgan fingerprint density at radius 2 is 2.00 bits per heavy atom. The van der Waals surface area contributed by atoms with E-state index in [9.17, 15) is 9.59 Å². The van der Waals surface area contributed by atoms with Crippen LogP contribution in [0.2, 0.25) is 0 Å². The number of nitrogens with one attached hydrogen (secondary N) is 1.